The van der Waals surface area contributed by atoms with Gasteiger partial charge in [0.15, 0.2) is 0 Å². The molecule has 1 aromatic carbocycles. The minimum atomic E-state index is -4.24. The van der Waals surface area contributed by atoms with Crippen molar-refractivity contribution < 1.29 is 23.1 Å². The normalized spacial score (nSPS) is 13.2. The number of carboxylic acid groups (broad SMARTS) is 1. The summed E-state index contributed by atoms with van der Waals surface area (Å²) in [5, 5.41) is 11.4. The van der Waals surface area contributed by atoms with Gasteiger partial charge >= 0.3 is 12.1 Å². The molecular formula is C11H11BrF3NO2. The zero-order chi connectivity index (χ0) is 13.9. The maximum Gasteiger partial charge on any atom is 0.391 e. The molecule has 2 N–H and O–H groups in total. The summed E-state index contributed by atoms with van der Waals surface area (Å²) < 4.78 is 36.9. The van der Waals surface area contributed by atoms with Gasteiger partial charge < -0.3 is 10.4 Å². The summed E-state index contributed by atoms with van der Waals surface area (Å²) in [5.74, 6) is -1.09. The van der Waals surface area contributed by atoms with Crippen molar-refractivity contribution in [2.24, 2.45) is 0 Å². The smallest absolute Gasteiger partial charge is 0.391 e. The molecule has 0 amide bonds. The first kappa shape index (κ1) is 14.8. The number of aromatic carboxylic acids is 1. The molecule has 1 aromatic rings. The van der Waals surface area contributed by atoms with Crippen LogP contribution in [0.3, 0.4) is 0 Å². The Labute approximate surface area is 110 Å². The van der Waals surface area contributed by atoms with Crippen molar-refractivity contribution in [2.45, 2.75) is 25.6 Å². The molecule has 18 heavy (non-hydrogen) atoms. The monoisotopic (exact) mass is 325 g/mol. The molecule has 1 atom stereocenters. The summed E-state index contributed by atoms with van der Waals surface area (Å²) in [6.07, 6.45) is -5.19. The van der Waals surface area contributed by atoms with Crippen LogP contribution in [-0.4, -0.2) is 23.3 Å². The van der Waals surface area contributed by atoms with Gasteiger partial charge in [-0.2, -0.15) is 13.2 Å². The fourth-order valence-corrected chi connectivity index (χ4v) is 1.92. The van der Waals surface area contributed by atoms with Crippen LogP contribution in [0.1, 0.15) is 23.7 Å². The van der Waals surface area contributed by atoms with Crippen molar-refractivity contribution in [3.8, 4) is 0 Å². The van der Waals surface area contributed by atoms with Crippen LogP contribution in [0, 0.1) is 0 Å². The summed E-state index contributed by atoms with van der Waals surface area (Å²) >= 11 is 3.12. The first-order chi connectivity index (χ1) is 8.19. The largest absolute Gasteiger partial charge is 0.478 e. The first-order valence-electron chi connectivity index (χ1n) is 5.05. The topological polar surface area (TPSA) is 49.3 Å². The Hall–Kier alpha value is -1.24. The number of hydrogen-bond acceptors (Lipinski definition) is 2. The van der Waals surface area contributed by atoms with Crippen LogP contribution in [0.15, 0.2) is 22.7 Å². The molecule has 0 spiro atoms. The standard InChI is InChI=1S/C11H11BrF3NO2/c1-6(5-11(13,14)15)16-9-3-2-7(10(17)18)4-8(9)12/h2-4,6,16H,5H2,1H3,(H,17,18). The van der Waals surface area contributed by atoms with Gasteiger partial charge in [0.05, 0.1) is 12.0 Å². The van der Waals surface area contributed by atoms with Crippen LogP contribution in [0.2, 0.25) is 0 Å². The average Bonchev–Trinajstić information content (AvgIpc) is 2.17. The van der Waals surface area contributed by atoms with Crippen LogP contribution in [-0.2, 0) is 0 Å². The second-order valence-electron chi connectivity index (χ2n) is 3.86. The second kappa shape index (κ2) is 5.60. The molecule has 0 aliphatic rings. The quantitative estimate of drug-likeness (QED) is 0.882. The van der Waals surface area contributed by atoms with Gasteiger partial charge in [0.25, 0.3) is 0 Å². The van der Waals surface area contributed by atoms with Gasteiger partial charge in [-0.05, 0) is 41.1 Å². The highest BCUT2D eigenvalue weighted by molar-refractivity contribution is 9.10. The summed E-state index contributed by atoms with van der Waals surface area (Å²) in [6.45, 7) is 1.41. The molecule has 0 fully saturated rings. The molecule has 0 saturated heterocycles. The molecule has 1 rings (SSSR count). The fourth-order valence-electron chi connectivity index (χ4n) is 1.43. The number of alkyl halides is 3. The van der Waals surface area contributed by atoms with E-state index in [1.54, 1.807) is 0 Å². The molecule has 0 radical (unpaired) electrons. The van der Waals surface area contributed by atoms with Crippen LogP contribution in [0.25, 0.3) is 0 Å². The highest BCUT2D eigenvalue weighted by Gasteiger charge is 2.30. The van der Waals surface area contributed by atoms with E-state index in [2.05, 4.69) is 21.2 Å². The first-order valence-corrected chi connectivity index (χ1v) is 5.84. The van der Waals surface area contributed by atoms with E-state index in [0.717, 1.165) is 0 Å². The van der Waals surface area contributed by atoms with Crippen molar-refractivity contribution in [1.29, 1.82) is 0 Å². The average molecular weight is 326 g/mol. The van der Waals surface area contributed by atoms with Crippen molar-refractivity contribution in [3.05, 3.63) is 28.2 Å². The number of anilines is 1. The maximum atomic E-state index is 12.1. The predicted octanol–water partition coefficient (Wildman–Crippen LogP) is 3.90. The second-order valence-corrected chi connectivity index (χ2v) is 4.72. The van der Waals surface area contributed by atoms with E-state index in [-0.39, 0.29) is 5.56 Å². The zero-order valence-corrected chi connectivity index (χ0v) is 11.0. The number of hydrogen-bond donors (Lipinski definition) is 2. The third-order valence-electron chi connectivity index (χ3n) is 2.16. The highest BCUT2D eigenvalue weighted by Crippen LogP contribution is 2.27. The lowest BCUT2D eigenvalue weighted by molar-refractivity contribution is -0.136. The molecule has 0 bridgehead atoms. The van der Waals surface area contributed by atoms with Gasteiger partial charge in [-0.1, -0.05) is 0 Å². The Balaban J connectivity index is 2.77. The highest BCUT2D eigenvalue weighted by atomic mass is 79.9. The Morgan fingerprint density at radius 2 is 2.11 bits per heavy atom. The number of carboxylic acids is 1. The van der Waals surface area contributed by atoms with Crippen LogP contribution < -0.4 is 5.32 Å². The van der Waals surface area contributed by atoms with E-state index in [0.29, 0.717) is 10.2 Å². The van der Waals surface area contributed by atoms with E-state index in [4.69, 9.17) is 5.11 Å². The number of benzene rings is 1. The Morgan fingerprint density at radius 3 is 2.56 bits per heavy atom. The third-order valence-corrected chi connectivity index (χ3v) is 2.81. The number of carbonyl (C=O) groups is 1. The summed E-state index contributed by atoms with van der Waals surface area (Å²) in [5.41, 5.74) is 0.493. The van der Waals surface area contributed by atoms with Gasteiger partial charge in [-0.25, -0.2) is 4.79 Å². The van der Waals surface area contributed by atoms with Crippen LogP contribution >= 0.6 is 15.9 Å². The van der Waals surface area contributed by atoms with Crippen molar-refractivity contribution in [3.63, 3.8) is 0 Å². The summed E-state index contributed by atoms with van der Waals surface area (Å²) in [6, 6.07) is 3.30. The van der Waals surface area contributed by atoms with E-state index in [1.165, 1.54) is 25.1 Å². The molecule has 100 valence electrons. The minimum absolute atomic E-state index is 0.0656. The van der Waals surface area contributed by atoms with Crippen molar-refractivity contribution in [1.82, 2.24) is 0 Å². The lowest BCUT2D eigenvalue weighted by atomic mass is 10.1. The van der Waals surface area contributed by atoms with Gasteiger partial charge in [0.1, 0.15) is 0 Å². The summed E-state index contributed by atoms with van der Waals surface area (Å²) in [7, 11) is 0. The van der Waals surface area contributed by atoms with Gasteiger partial charge in [-0.15, -0.1) is 0 Å². The molecule has 0 saturated carbocycles. The molecule has 3 nitrogen and oxygen atoms in total. The Kier molecular flexibility index (Phi) is 4.61. The van der Waals surface area contributed by atoms with Gasteiger partial charge in [-0.3, -0.25) is 0 Å². The number of rotatable bonds is 4. The SMILES string of the molecule is CC(CC(F)(F)F)Nc1ccc(C(=O)O)cc1Br. The molecule has 1 unspecified atom stereocenters. The van der Waals surface area contributed by atoms with Gasteiger partial charge in [0, 0.05) is 16.2 Å². The lowest BCUT2D eigenvalue weighted by Crippen LogP contribution is -2.24. The minimum Gasteiger partial charge on any atom is -0.478 e. The molecule has 0 aliphatic carbocycles. The lowest BCUT2D eigenvalue weighted by Gasteiger charge is -2.18. The van der Waals surface area contributed by atoms with E-state index >= 15 is 0 Å². The zero-order valence-electron chi connectivity index (χ0n) is 9.38. The van der Waals surface area contributed by atoms with E-state index in [1.807, 2.05) is 0 Å². The predicted molar refractivity (Wildman–Crippen MR) is 64.9 cm³/mol. The number of nitrogens with one attached hydrogen (secondary N) is 1. The molecule has 0 aliphatic heterocycles. The number of halogens is 4. The molecule has 7 heteroatoms. The van der Waals surface area contributed by atoms with E-state index in [9.17, 15) is 18.0 Å². The van der Waals surface area contributed by atoms with Crippen molar-refractivity contribution >= 4 is 27.6 Å². The molecule has 0 aromatic heterocycles. The fraction of sp³-hybridized carbons (Fsp3) is 0.364. The third kappa shape index (κ3) is 4.56. The summed E-state index contributed by atoms with van der Waals surface area (Å²) in [4.78, 5) is 10.7. The maximum absolute atomic E-state index is 12.1. The Morgan fingerprint density at radius 1 is 1.50 bits per heavy atom. The molecule has 0 heterocycles. The van der Waals surface area contributed by atoms with Crippen LogP contribution in [0.5, 0.6) is 0 Å². The van der Waals surface area contributed by atoms with E-state index < -0.39 is 24.6 Å². The van der Waals surface area contributed by atoms with Gasteiger partial charge in [0.2, 0.25) is 0 Å². The van der Waals surface area contributed by atoms with Crippen molar-refractivity contribution in [2.75, 3.05) is 5.32 Å². The Bertz CT molecular complexity index is 448. The van der Waals surface area contributed by atoms with Crippen LogP contribution in [0.4, 0.5) is 18.9 Å². The molecular weight excluding hydrogens is 315 g/mol.